The van der Waals surface area contributed by atoms with Crippen molar-refractivity contribution in [3.05, 3.63) is 0 Å². The molecule has 15 heavy (non-hydrogen) atoms. The molecule has 0 saturated carbocycles. The number of amides is 1. The molecule has 3 N–H and O–H groups in total. The lowest BCUT2D eigenvalue weighted by Crippen LogP contribution is -2.39. The summed E-state index contributed by atoms with van der Waals surface area (Å²) >= 11 is 0. The van der Waals surface area contributed by atoms with E-state index in [0.717, 1.165) is 12.8 Å². The van der Waals surface area contributed by atoms with Crippen molar-refractivity contribution >= 4 is 18.3 Å². The lowest BCUT2D eigenvalue weighted by molar-refractivity contribution is -0.126. The molecule has 0 saturated heterocycles. The molecule has 0 aromatic rings. The van der Waals surface area contributed by atoms with Crippen LogP contribution in [0.3, 0.4) is 0 Å². The Morgan fingerprint density at radius 2 is 2.13 bits per heavy atom. The average Bonchev–Trinajstić information content (AvgIpc) is 2.17. The second kappa shape index (κ2) is 11.8. The van der Waals surface area contributed by atoms with Gasteiger partial charge < -0.3 is 15.8 Å². The summed E-state index contributed by atoms with van der Waals surface area (Å²) in [6.07, 6.45) is 3.34. The van der Waals surface area contributed by atoms with Gasteiger partial charge in [-0.3, -0.25) is 4.79 Å². The highest BCUT2D eigenvalue weighted by atomic mass is 35.5. The van der Waals surface area contributed by atoms with Crippen LogP contribution in [0, 0.1) is 0 Å². The Labute approximate surface area is 98.3 Å². The van der Waals surface area contributed by atoms with Gasteiger partial charge in [-0.2, -0.15) is 0 Å². The molecular formula is C10H23ClN2O2. The van der Waals surface area contributed by atoms with Crippen LogP contribution in [0.4, 0.5) is 0 Å². The number of nitrogens with one attached hydrogen (secondary N) is 1. The molecule has 1 amide bonds. The van der Waals surface area contributed by atoms with E-state index in [4.69, 9.17) is 10.5 Å². The summed E-state index contributed by atoms with van der Waals surface area (Å²) in [5.41, 5.74) is 5.36. The largest absolute Gasteiger partial charge is 0.372 e. The van der Waals surface area contributed by atoms with Crippen LogP contribution in [0.5, 0.6) is 0 Å². The quantitative estimate of drug-likeness (QED) is 0.622. The Balaban J connectivity index is 0. The number of halogens is 1. The molecule has 0 bridgehead atoms. The zero-order valence-corrected chi connectivity index (χ0v) is 10.4. The van der Waals surface area contributed by atoms with Gasteiger partial charge in [-0.15, -0.1) is 12.4 Å². The molecule has 5 heteroatoms. The van der Waals surface area contributed by atoms with Gasteiger partial charge in [0.05, 0.1) is 0 Å². The fourth-order valence-corrected chi connectivity index (χ4v) is 0.994. The molecule has 0 rings (SSSR count). The van der Waals surface area contributed by atoms with Gasteiger partial charge in [0.2, 0.25) is 5.91 Å². The third-order valence-corrected chi connectivity index (χ3v) is 1.89. The average molecular weight is 239 g/mol. The first-order valence-electron chi connectivity index (χ1n) is 5.27. The molecule has 1 atom stereocenters. The van der Waals surface area contributed by atoms with E-state index in [1.807, 2.05) is 6.92 Å². The van der Waals surface area contributed by atoms with Crippen LogP contribution < -0.4 is 11.1 Å². The number of unbranched alkanes of at least 4 members (excludes halogenated alkanes) is 2. The van der Waals surface area contributed by atoms with E-state index in [2.05, 4.69) is 12.2 Å². The fourth-order valence-electron chi connectivity index (χ4n) is 0.994. The van der Waals surface area contributed by atoms with Crippen LogP contribution in [0.15, 0.2) is 0 Å². The molecule has 0 aliphatic heterocycles. The minimum absolute atomic E-state index is 0. The Morgan fingerprint density at radius 1 is 1.47 bits per heavy atom. The van der Waals surface area contributed by atoms with E-state index < -0.39 is 0 Å². The van der Waals surface area contributed by atoms with Gasteiger partial charge in [-0.25, -0.2) is 0 Å². The normalized spacial score (nSPS) is 11.7. The summed E-state index contributed by atoms with van der Waals surface area (Å²) in [6, 6.07) is 0.0294. The highest BCUT2D eigenvalue weighted by molar-refractivity contribution is 5.85. The molecule has 0 aliphatic carbocycles. The van der Waals surface area contributed by atoms with Crippen molar-refractivity contribution in [3.63, 3.8) is 0 Å². The number of carbonyl (C=O) groups is 1. The highest BCUT2D eigenvalue weighted by Crippen LogP contribution is 1.93. The predicted molar refractivity (Wildman–Crippen MR) is 64.3 cm³/mol. The third kappa shape index (κ3) is 11.6. The molecule has 0 aromatic carbocycles. The molecule has 0 spiro atoms. The first-order valence-corrected chi connectivity index (χ1v) is 5.27. The minimum atomic E-state index is -0.0838. The van der Waals surface area contributed by atoms with Crippen molar-refractivity contribution in [2.45, 2.75) is 39.2 Å². The highest BCUT2D eigenvalue weighted by Gasteiger charge is 2.04. The predicted octanol–water partition coefficient (Wildman–Crippen LogP) is 1.08. The van der Waals surface area contributed by atoms with E-state index in [9.17, 15) is 4.79 Å². The van der Waals surface area contributed by atoms with E-state index in [1.54, 1.807) is 0 Å². The van der Waals surface area contributed by atoms with Gasteiger partial charge in [-0.1, -0.05) is 19.8 Å². The number of nitrogens with two attached hydrogens (primary N) is 1. The fraction of sp³-hybridized carbons (Fsp3) is 0.900. The van der Waals surface area contributed by atoms with Gasteiger partial charge in [0, 0.05) is 19.2 Å². The maximum Gasteiger partial charge on any atom is 0.246 e. The number of rotatable bonds is 8. The molecule has 0 unspecified atom stereocenters. The maximum absolute atomic E-state index is 11.2. The van der Waals surface area contributed by atoms with Crippen molar-refractivity contribution in [1.82, 2.24) is 5.32 Å². The summed E-state index contributed by atoms with van der Waals surface area (Å²) in [5.74, 6) is -0.0838. The second-order valence-electron chi connectivity index (χ2n) is 3.46. The summed E-state index contributed by atoms with van der Waals surface area (Å²) in [7, 11) is 0. The molecule has 0 radical (unpaired) electrons. The molecule has 0 fully saturated rings. The monoisotopic (exact) mass is 238 g/mol. The Morgan fingerprint density at radius 3 is 2.67 bits per heavy atom. The van der Waals surface area contributed by atoms with E-state index >= 15 is 0 Å². The van der Waals surface area contributed by atoms with Crippen LogP contribution >= 0.6 is 12.4 Å². The molecule has 0 heterocycles. The second-order valence-corrected chi connectivity index (χ2v) is 3.46. The van der Waals surface area contributed by atoms with E-state index in [0.29, 0.717) is 13.2 Å². The van der Waals surface area contributed by atoms with Gasteiger partial charge in [0.25, 0.3) is 0 Å². The van der Waals surface area contributed by atoms with Crippen molar-refractivity contribution < 1.29 is 9.53 Å². The van der Waals surface area contributed by atoms with Crippen LogP contribution in [0.1, 0.15) is 33.1 Å². The smallest absolute Gasteiger partial charge is 0.246 e. The van der Waals surface area contributed by atoms with Crippen LogP contribution in [-0.2, 0) is 9.53 Å². The third-order valence-electron chi connectivity index (χ3n) is 1.89. The number of hydrogen-bond acceptors (Lipinski definition) is 3. The van der Waals surface area contributed by atoms with Crippen LogP contribution in [0.2, 0.25) is 0 Å². The first-order chi connectivity index (χ1) is 6.70. The van der Waals surface area contributed by atoms with Gasteiger partial charge >= 0.3 is 0 Å². The zero-order chi connectivity index (χ0) is 10.8. The molecule has 4 nitrogen and oxygen atoms in total. The Hall–Kier alpha value is -0.320. The summed E-state index contributed by atoms with van der Waals surface area (Å²) in [6.45, 7) is 5.28. The molecule has 92 valence electrons. The molecule has 0 aliphatic rings. The van der Waals surface area contributed by atoms with E-state index in [-0.39, 0.29) is 31.0 Å². The van der Waals surface area contributed by atoms with Crippen molar-refractivity contribution in [2.75, 3.05) is 19.8 Å². The summed E-state index contributed by atoms with van der Waals surface area (Å²) in [5, 5.41) is 2.73. The van der Waals surface area contributed by atoms with Crippen molar-refractivity contribution in [3.8, 4) is 0 Å². The van der Waals surface area contributed by atoms with Crippen LogP contribution in [0.25, 0.3) is 0 Å². The number of carbonyl (C=O) groups excluding carboxylic acids is 1. The lowest BCUT2D eigenvalue weighted by atomic mass is 10.3. The Bertz CT molecular complexity index is 156. The van der Waals surface area contributed by atoms with Gasteiger partial charge in [0.15, 0.2) is 0 Å². The zero-order valence-electron chi connectivity index (χ0n) is 9.62. The van der Waals surface area contributed by atoms with E-state index in [1.165, 1.54) is 6.42 Å². The topological polar surface area (TPSA) is 64.3 Å². The Kier molecular flexibility index (Phi) is 13.4. The molecule has 0 aromatic heterocycles. The van der Waals surface area contributed by atoms with Crippen molar-refractivity contribution in [1.29, 1.82) is 0 Å². The number of hydrogen-bond donors (Lipinski definition) is 2. The van der Waals surface area contributed by atoms with Gasteiger partial charge in [-0.05, 0) is 13.3 Å². The lowest BCUT2D eigenvalue weighted by Gasteiger charge is -2.11. The maximum atomic E-state index is 11.2. The first kappa shape index (κ1) is 17.1. The summed E-state index contributed by atoms with van der Waals surface area (Å²) in [4.78, 5) is 11.2. The summed E-state index contributed by atoms with van der Waals surface area (Å²) < 4.78 is 5.19. The number of ether oxygens (including phenoxy) is 1. The standard InChI is InChI=1S/C10H22N2O2.ClH/c1-3-4-5-6-14-8-10(13)12-9(2)7-11;/h9H,3-8,11H2,1-2H3,(H,12,13);1H/t9-;/m0./s1. The SMILES string of the molecule is CCCCCOCC(=O)N[C@@H](C)CN.Cl. The minimum Gasteiger partial charge on any atom is -0.372 e. The van der Waals surface area contributed by atoms with Gasteiger partial charge in [0.1, 0.15) is 6.61 Å². The molecular weight excluding hydrogens is 216 g/mol. The van der Waals surface area contributed by atoms with Crippen LogP contribution in [-0.4, -0.2) is 31.7 Å². The van der Waals surface area contributed by atoms with Crippen molar-refractivity contribution in [2.24, 2.45) is 5.73 Å².